The zero-order valence-corrected chi connectivity index (χ0v) is 14.0. The van der Waals surface area contributed by atoms with Gasteiger partial charge in [0.05, 0.1) is 15.5 Å². The number of nitrogens with zero attached hydrogens (tertiary/aromatic N) is 1. The van der Waals surface area contributed by atoms with Gasteiger partial charge in [-0.2, -0.15) is 13.2 Å². The van der Waals surface area contributed by atoms with E-state index in [1.54, 1.807) is 0 Å². The summed E-state index contributed by atoms with van der Waals surface area (Å²) in [5.41, 5.74) is -0.385. The second kappa shape index (κ2) is 7.74. The summed E-state index contributed by atoms with van der Waals surface area (Å²) >= 11 is 5.86. The monoisotopic (exact) mass is 373 g/mol. The molecule has 0 radical (unpaired) electrons. The van der Waals surface area contributed by atoms with Crippen LogP contribution in [0.4, 0.5) is 18.9 Å². The average Bonchev–Trinajstić information content (AvgIpc) is 2.53. The fourth-order valence-corrected chi connectivity index (χ4v) is 2.48. The zero-order valence-electron chi connectivity index (χ0n) is 13.3. The Hall–Kier alpha value is -2.28. The number of halogens is 4. The molecule has 2 aromatic carbocycles. The van der Waals surface area contributed by atoms with Gasteiger partial charge in [-0.3, -0.25) is 10.1 Å². The fourth-order valence-electron chi connectivity index (χ4n) is 2.26. The SMILES string of the molecule is CCCCc1cc(Oc2ccc(C(F)(F)F)cc2Cl)ccc1[N+](=O)[O-]. The van der Waals surface area contributed by atoms with E-state index in [9.17, 15) is 23.3 Å². The first-order chi connectivity index (χ1) is 11.7. The molecule has 0 aliphatic carbocycles. The molecule has 0 aromatic heterocycles. The number of benzene rings is 2. The van der Waals surface area contributed by atoms with E-state index in [0.717, 1.165) is 31.0 Å². The second-order valence-electron chi connectivity index (χ2n) is 5.40. The first-order valence-corrected chi connectivity index (χ1v) is 7.92. The molecule has 0 amide bonds. The van der Waals surface area contributed by atoms with Crippen molar-refractivity contribution in [2.45, 2.75) is 32.4 Å². The molecule has 0 aliphatic heterocycles. The van der Waals surface area contributed by atoms with Crippen LogP contribution in [-0.4, -0.2) is 4.92 Å². The zero-order chi connectivity index (χ0) is 18.6. The van der Waals surface area contributed by atoms with Gasteiger partial charge in [0.25, 0.3) is 5.69 Å². The Morgan fingerprint density at radius 3 is 2.48 bits per heavy atom. The van der Waals surface area contributed by atoms with Gasteiger partial charge in [-0.1, -0.05) is 24.9 Å². The highest BCUT2D eigenvalue weighted by molar-refractivity contribution is 6.32. The Balaban J connectivity index is 2.29. The van der Waals surface area contributed by atoms with Crippen LogP contribution in [0.2, 0.25) is 5.02 Å². The molecule has 0 heterocycles. The molecule has 134 valence electrons. The number of unbranched alkanes of at least 4 members (excludes halogenated alkanes) is 1. The van der Waals surface area contributed by atoms with E-state index in [4.69, 9.17) is 16.3 Å². The van der Waals surface area contributed by atoms with Crippen LogP contribution in [0.25, 0.3) is 0 Å². The van der Waals surface area contributed by atoms with Crippen LogP contribution < -0.4 is 4.74 Å². The Bertz CT molecular complexity index is 778. The van der Waals surface area contributed by atoms with Crippen molar-refractivity contribution in [1.82, 2.24) is 0 Å². The predicted molar refractivity (Wildman–Crippen MR) is 88.2 cm³/mol. The third-order valence-electron chi connectivity index (χ3n) is 3.53. The van der Waals surface area contributed by atoms with Gasteiger partial charge in [-0.05, 0) is 43.2 Å². The molecule has 0 spiro atoms. The molecule has 2 rings (SSSR count). The lowest BCUT2D eigenvalue weighted by atomic mass is 10.1. The van der Waals surface area contributed by atoms with Crippen LogP contribution in [0.15, 0.2) is 36.4 Å². The molecule has 0 fully saturated rings. The summed E-state index contributed by atoms with van der Waals surface area (Å²) < 4.78 is 43.5. The molecular formula is C17H15ClF3NO3. The summed E-state index contributed by atoms with van der Waals surface area (Å²) in [5, 5.41) is 10.9. The van der Waals surface area contributed by atoms with Crippen LogP contribution in [0.1, 0.15) is 30.9 Å². The topological polar surface area (TPSA) is 52.4 Å². The van der Waals surface area contributed by atoms with Crippen molar-refractivity contribution in [3.8, 4) is 11.5 Å². The second-order valence-corrected chi connectivity index (χ2v) is 5.80. The highest BCUT2D eigenvalue weighted by Crippen LogP contribution is 2.37. The molecule has 4 nitrogen and oxygen atoms in total. The molecule has 0 unspecified atom stereocenters. The first kappa shape index (κ1) is 19.1. The number of rotatable bonds is 6. The van der Waals surface area contributed by atoms with Gasteiger partial charge in [-0.15, -0.1) is 0 Å². The van der Waals surface area contributed by atoms with E-state index >= 15 is 0 Å². The normalized spacial score (nSPS) is 11.4. The number of hydrogen-bond donors (Lipinski definition) is 0. The van der Waals surface area contributed by atoms with E-state index in [-0.39, 0.29) is 22.2 Å². The molecule has 0 aliphatic rings. The van der Waals surface area contributed by atoms with Gasteiger partial charge in [0.2, 0.25) is 0 Å². The van der Waals surface area contributed by atoms with Gasteiger partial charge < -0.3 is 4.74 Å². The van der Waals surface area contributed by atoms with E-state index < -0.39 is 16.7 Å². The van der Waals surface area contributed by atoms with Gasteiger partial charge >= 0.3 is 6.18 Å². The van der Waals surface area contributed by atoms with E-state index in [1.807, 2.05) is 6.92 Å². The molecule has 0 bridgehead atoms. The maximum absolute atomic E-state index is 12.7. The molecule has 25 heavy (non-hydrogen) atoms. The van der Waals surface area contributed by atoms with Crippen LogP contribution in [0.3, 0.4) is 0 Å². The minimum absolute atomic E-state index is 0.0145. The van der Waals surface area contributed by atoms with Crippen molar-refractivity contribution in [1.29, 1.82) is 0 Å². The standard InChI is InChI=1S/C17H15ClF3NO3/c1-2-3-4-11-9-13(6-7-15(11)22(23)24)25-16-8-5-12(10-14(16)18)17(19,20)21/h5-10H,2-4H2,1H3. The smallest absolute Gasteiger partial charge is 0.416 e. The lowest BCUT2D eigenvalue weighted by Crippen LogP contribution is -2.04. The summed E-state index contributed by atoms with van der Waals surface area (Å²) in [7, 11) is 0. The number of nitro groups is 1. The summed E-state index contributed by atoms with van der Waals surface area (Å²) in [6, 6.07) is 6.99. The van der Waals surface area contributed by atoms with Crippen LogP contribution in [-0.2, 0) is 12.6 Å². The highest BCUT2D eigenvalue weighted by Gasteiger charge is 2.31. The van der Waals surface area contributed by atoms with Crippen molar-refractivity contribution in [3.63, 3.8) is 0 Å². The van der Waals surface area contributed by atoms with Crippen molar-refractivity contribution in [3.05, 3.63) is 62.7 Å². The van der Waals surface area contributed by atoms with Crippen molar-refractivity contribution >= 4 is 17.3 Å². The fraction of sp³-hybridized carbons (Fsp3) is 0.294. The lowest BCUT2D eigenvalue weighted by molar-refractivity contribution is -0.385. The number of ether oxygens (including phenoxy) is 1. The third kappa shape index (κ3) is 4.85. The van der Waals surface area contributed by atoms with E-state index in [2.05, 4.69) is 0 Å². The number of hydrogen-bond acceptors (Lipinski definition) is 3. The lowest BCUT2D eigenvalue weighted by Gasteiger charge is -2.12. The quantitative estimate of drug-likeness (QED) is 0.434. The molecule has 0 N–H and O–H groups in total. The molecule has 0 saturated heterocycles. The predicted octanol–water partition coefficient (Wildman–Crippen LogP) is 6.40. The number of alkyl halides is 3. The average molecular weight is 374 g/mol. The van der Waals surface area contributed by atoms with E-state index in [0.29, 0.717) is 12.0 Å². The summed E-state index contributed by atoms with van der Waals surface area (Å²) in [6.07, 6.45) is -2.36. The maximum Gasteiger partial charge on any atom is 0.416 e. The Morgan fingerprint density at radius 1 is 1.20 bits per heavy atom. The summed E-state index contributed by atoms with van der Waals surface area (Å²) in [6.45, 7) is 1.97. The van der Waals surface area contributed by atoms with Crippen molar-refractivity contribution in [2.75, 3.05) is 0 Å². The summed E-state index contributed by atoms with van der Waals surface area (Å²) in [4.78, 5) is 10.6. The third-order valence-corrected chi connectivity index (χ3v) is 3.83. The minimum Gasteiger partial charge on any atom is -0.456 e. The molecule has 2 aromatic rings. The molecule has 8 heteroatoms. The minimum atomic E-state index is -4.50. The Morgan fingerprint density at radius 2 is 1.92 bits per heavy atom. The van der Waals surface area contributed by atoms with Crippen LogP contribution in [0, 0.1) is 10.1 Å². The van der Waals surface area contributed by atoms with Gasteiger partial charge in [0.15, 0.2) is 0 Å². The van der Waals surface area contributed by atoms with Crippen molar-refractivity contribution < 1.29 is 22.8 Å². The largest absolute Gasteiger partial charge is 0.456 e. The highest BCUT2D eigenvalue weighted by atomic mass is 35.5. The van der Waals surface area contributed by atoms with Crippen molar-refractivity contribution in [2.24, 2.45) is 0 Å². The molecule has 0 atom stereocenters. The first-order valence-electron chi connectivity index (χ1n) is 7.54. The Kier molecular flexibility index (Phi) is 5.89. The van der Waals surface area contributed by atoms with Crippen LogP contribution >= 0.6 is 11.6 Å². The van der Waals surface area contributed by atoms with Gasteiger partial charge in [-0.25, -0.2) is 0 Å². The molecule has 0 saturated carbocycles. The van der Waals surface area contributed by atoms with Gasteiger partial charge in [0, 0.05) is 11.6 Å². The van der Waals surface area contributed by atoms with E-state index in [1.165, 1.54) is 18.2 Å². The Labute approximate surface area is 147 Å². The molecular weight excluding hydrogens is 359 g/mol. The van der Waals surface area contributed by atoms with Gasteiger partial charge in [0.1, 0.15) is 11.5 Å². The number of nitro benzene ring substituents is 1. The maximum atomic E-state index is 12.7. The van der Waals surface area contributed by atoms with Crippen LogP contribution in [0.5, 0.6) is 11.5 Å². The number of aryl methyl sites for hydroxylation is 1. The summed E-state index contributed by atoms with van der Waals surface area (Å²) in [5.74, 6) is 0.323.